The summed E-state index contributed by atoms with van der Waals surface area (Å²) < 4.78 is 5.35. The van der Waals surface area contributed by atoms with E-state index in [1.807, 2.05) is 6.92 Å². The number of carboxylic acid groups (broad SMARTS) is 1. The van der Waals surface area contributed by atoms with E-state index < -0.39 is 5.97 Å². The van der Waals surface area contributed by atoms with E-state index in [9.17, 15) is 4.79 Å². The standard InChI is InChI=1S/C12H15NO3/c1-8(2)4-5-16-11-7-10(12(14)15)6-9(3)13-11/h6-7H,1,4-5H2,2-3H3,(H,14,15). The molecule has 0 fully saturated rings. The normalized spacial score (nSPS) is 9.88. The maximum absolute atomic E-state index is 10.8. The van der Waals surface area contributed by atoms with E-state index in [2.05, 4.69) is 11.6 Å². The van der Waals surface area contributed by atoms with Crippen LogP contribution in [0.25, 0.3) is 0 Å². The first-order chi connectivity index (χ1) is 7.49. The minimum absolute atomic E-state index is 0.192. The number of carbonyl (C=O) groups is 1. The van der Waals surface area contributed by atoms with Crippen molar-refractivity contribution in [3.05, 3.63) is 35.5 Å². The number of carboxylic acids is 1. The highest BCUT2D eigenvalue weighted by Crippen LogP contribution is 2.13. The summed E-state index contributed by atoms with van der Waals surface area (Å²) in [4.78, 5) is 14.9. The predicted molar refractivity (Wildman–Crippen MR) is 60.9 cm³/mol. The van der Waals surface area contributed by atoms with E-state index in [1.165, 1.54) is 12.1 Å². The lowest BCUT2D eigenvalue weighted by Gasteiger charge is -2.06. The van der Waals surface area contributed by atoms with Gasteiger partial charge in [-0.15, -0.1) is 6.58 Å². The van der Waals surface area contributed by atoms with E-state index in [4.69, 9.17) is 9.84 Å². The van der Waals surface area contributed by atoms with Crippen LogP contribution in [0, 0.1) is 6.92 Å². The second kappa shape index (κ2) is 5.30. The summed E-state index contributed by atoms with van der Waals surface area (Å²) in [6, 6.07) is 2.93. The van der Waals surface area contributed by atoms with Gasteiger partial charge in [-0.3, -0.25) is 0 Å². The maximum Gasteiger partial charge on any atom is 0.335 e. The van der Waals surface area contributed by atoms with Gasteiger partial charge >= 0.3 is 5.97 Å². The molecule has 1 aromatic heterocycles. The first kappa shape index (κ1) is 12.2. The highest BCUT2D eigenvalue weighted by molar-refractivity contribution is 5.87. The molecule has 0 aliphatic heterocycles. The molecular weight excluding hydrogens is 206 g/mol. The van der Waals surface area contributed by atoms with E-state index in [0.717, 1.165) is 12.0 Å². The van der Waals surface area contributed by atoms with E-state index in [-0.39, 0.29) is 5.56 Å². The van der Waals surface area contributed by atoms with Gasteiger partial charge in [0.05, 0.1) is 12.2 Å². The molecule has 0 saturated heterocycles. The molecule has 0 amide bonds. The molecule has 1 heterocycles. The smallest absolute Gasteiger partial charge is 0.335 e. The fourth-order valence-electron chi connectivity index (χ4n) is 1.17. The van der Waals surface area contributed by atoms with Crippen molar-refractivity contribution in [1.82, 2.24) is 4.98 Å². The number of aryl methyl sites for hydroxylation is 1. The molecule has 4 heteroatoms. The van der Waals surface area contributed by atoms with Gasteiger partial charge in [-0.1, -0.05) is 5.57 Å². The Labute approximate surface area is 94.6 Å². The lowest BCUT2D eigenvalue weighted by Crippen LogP contribution is -2.03. The second-order valence-corrected chi connectivity index (χ2v) is 3.70. The molecular formula is C12H15NO3. The summed E-state index contributed by atoms with van der Waals surface area (Å²) >= 11 is 0. The molecule has 0 unspecified atom stereocenters. The summed E-state index contributed by atoms with van der Waals surface area (Å²) in [5, 5.41) is 8.85. The number of ether oxygens (including phenoxy) is 1. The molecule has 1 rings (SSSR count). The van der Waals surface area contributed by atoms with Crippen molar-refractivity contribution in [2.24, 2.45) is 0 Å². The van der Waals surface area contributed by atoms with Crippen LogP contribution < -0.4 is 4.74 Å². The van der Waals surface area contributed by atoms with E-state index in [0.29, 0.717) is 18.2 Å². The van der Waals surface area contributed by atoms with Crippen molar-refractivity contribution in [2.75, 3.05) is 6.61 Å². The molecule has 4 nitrogen and oxygen atoms in total. The Morgan fingerprint density at radius 3 is 2.81 bits per heavy atom. The van der Waals surface area contributed by atoms with Gasteiger partial charge in [0.15, 0.2) is 0 Å². The molecule has 0 saturated carbocycles. The van der Waals surface area contributed by atoms with Gasteiger partial charge in [0.25, 0.3) is 0 Å². The van der Waals surface area contributed by atoms with Gasteiger partial charge in [0, 0.05) is 18.2 Å². The molecule has 0 bridgehead atoms. The topological polar surface area (TPSA) is 59.4 Å². The summed E-state index contributed by atoms with van der Waals surface area (Å²) in [6.07, 6.45) is 0.734. The number of nitrogens with zero attached hydrogens (tertiary/aromatic N) is 1. The third kappa shape index (κ3) is 3.73. The van der Waals surface area contributed by atoms with Gasteiger partial charge in [-0.2, -0.15) is 0 Å². The Balaban J connectivity index is 2.72. The maximum atomic E-state index is 10.8. The van der Waals surface area contributed by atoms with Gasteiger partial charge in [-0.05, 0) is 19.9 Å². The zero-order valence-electron chi connectivity index (χ0n) is 9.49. The summed E-state index contributed by atoms with van der Waals surface area (Å²) in [5.74, 6) is -0.631. The van der Waals surface area contributed by atoms with Crippen molar-refractivity contribution >= 4 is 5.97 Å². The van der Waals surface area contributed by atoms with Crippen LogP contribution in [0.1, 0.15) is 29.4 Å². The first-order valence-electron chi connectivity index (χ1n) is 4.98. The van der Waals surface area contributed by atoms with Crippen LogP contribution in [0.15, 0.2) is 24.3 Å². The molecule has 0 aliphatic carbocycles. The monoisotopic (exact) mass is 221 g/mol. The quantitative estimate of drug-likeness (QED) is 0.776. The van der Waals surface area contributed by atoms with Crippen LogP contribution in [0.2, 0.25) is 0 Å². The van der Waals surface area contributed by atoms with Crippen molar-refractivity contribution in [1.29, 1.82) is 0 Å². The van der Waals surface area contributed by atoms with Crippen LogP contribution in [0.5, 0.6) is 5.88 Å². The van der Waals surface area contributed by atoms with Gasteiger partial charge in [-0.25, -0.2) is 9.78 Å². The highest BCUT2D eigenvalue weighted by atomic mass is 16.5. The van der Waals surface area contributed by atoms with Crippen LogP contribution in [-0.2, 0) is 0 Å². The van der Waals surface area contributed by atoms with E-state index in [1.54, 1.807) is 6.92 Å². The third-order valence-electron chi connectivity index (χ3n) is 1.96. The molecule has 86 valence electrons. The average molecular weight is 221 g/mol. The Hall–Kier alpha value is -1.84. The van der Waals surface area contributed by atoms with Crippen molar-refractivity contribution in [3.8, 4) is 5.88 Å². The minimum atomic E-state index is -0.977. The Bertz CT molecular complexity index is 413. The summed E-state index contributed by atoms with van der Waals surface area (Å²) in [7, 11) is 0. The Kier molecular flexibility index (Phi) is 4.05. The molecule has 0 aliphatic rings. The number of hydrogen-bond donors (Lipinski definition) is 1. The Morgan fingerprint density at radius 1 is 1.56 bits per heavy atom. The molecule has 0 atom stereocenters. The zero-order chi connectivity index (χ0) is 12.1. The predicted octanol–water partition coefficient (Wildman–Crippen LogP) is 2.43. The number of hydrogen-bond acceptors (Lipinski definition) is 3. The van der Waals surface area contributed by atoms with Gasteiger partial charge < -0.3 is 9.84 Å². The molecule has 0 aromatic carbocycles. The molecule has 16 heavy (non-hydrogen) atoms. The third-order valence-corrected chi connectivity index (χ3v) is 1.96. The number of aromatic nitrogens is 1. The Morgan fingerprint density at radius 2 is 2.25 bits per heavy atom. The van der Waals surface area contributed by atoms with Crippen LogP contribution in [-0.4, -0.2) is 22.7 Å². The lowest BCUT2D eigenvalue weighted by atomic mass is 10.2. The van der Waals surface area contributed by atoms with Crippen molar-refractivity contribution < 1.29 is 14.6 Å². The lowest BCUT2D eigenvalue weighted by molar-refractivity contribution is 0.0696. The van der Waals surface area contributed by atoms with Crippen molar-refractivity contribution in [3.63, 3.8) is 0 Å². The molecule has 1 aromatic rings. The highest BCUT2D eigenvalue weighted by Gasteiger charge is 2.07. The fraction of sp³-hybridized carbons (Fsp3) is 0.333. The van der Waals surface area contributed by atoms with Crippen LogP contribution >= 0.6 is 0 Å². The second-order valence-electron chi connectivity index (χ2n) is 3.70. The molecule has 1 N–H and O–H groups in total. The summed E-state index contributed by atoms with van der Waals surface area (Å²) in [6.45, 7) is 7.86. The van der Waals surface area contributed by atoms with Crippen LogP contribution in [0.4, 0.5) is 0 Å². The fourth-order valence-corrected chi connectivity index (χ4v) is 1.17. The number of aromatic carboxylic acids is 1. The zero-order valence-corrected chi connectivity index (χ0v) is 9.49. The summed E-state index contributed by atoms with van der Waals surface area (Å²) in [5.41, 5.74) is 1.84. The first-order valence-corrected chi connectivity index (χ1v) is 4.98. The largest absolute Gasteiger partial charge is 0.478 e. The van der Waals surface area contributed by atoms with Gasteiger partial charge in [0.1, 0.15) is 0 Å². The van der Waals surface area contributed by atoms with E-state index >= 15 is 0 Å². The number of rotatable bonds is 5. The average Bonchev–Trinajstić information content (AvgIpc) is 2.16. The van der Waals surface area contributed by atoms with Crippen molar-refractivity contribution in [2.45, 2.75) is 20.3 Å². The van der Waals surface area contributed by atoms with Gasteiger partial charge in [0.2, 0.25) is 5.88 Å². The number of pyridine rings is 1. The van der Waals surface area contributed by atoms with Crippen LogP contribution in [0.3, 0.4) is 0 Å². The SMILES string of the molecule is C=C(C)CCOc1cc(C(=O)O)cc(C)n1. The minimum Gasteiger partial charge on any atom is -0.478 e. The molecule has 0 spiro atoms. The molecule has 0 radical (unpaired) electrons.